The van der Waals surface area contributed by atoms with Crippen LogP contribution in [-0.4, -0.2) is 18.4 Å². The summed E-state index contributed by atoms with van der Waals surface area (Å²) in [5, 5.41) is 0. The first-order valence-corrected chi connectivity index (χ1v) is 5.01. The van der Waals surface area contributed by atoms with Gasteiger partial charge in [-0.2, -0.15) is 0 Å². The lowest BCUT2D eigenvalue weighted by molar-refractivity contribution is -0.137. The van der Waals surface area contributed by atoms with Crippen LogP contribution in [0.2, 0.25) is 0 Å². The molecule has 0 aromatic rings. The second-order valence-electron chi connectivity index (χ2n) is 3.12. The van der Waals surface area contributed by atoms with E-state index in [-0.39, 0.29) is 0 Å². The predicted molar refractivity (Wildman–Crippen MR) is 54.9 cm³/mol. The van der Waals surface area contributed by atoms with Crippen molar-refractivity contribution in [2.24, 2.45) is 0 Å². The van der Waals surface area contributed by atoms with Crippen LogP contribution >= 0.6 is 0 Å². The molecule has 3 heteroatoms. The van der Waals surface area contributed by atoms with E-state index >= 15 is 0 Å². The summed E-state index contributed by atoms with van der Waals surface area (Å²) in [6, 6.07) is 0. The topological polar surface area (TPSA) is 43.4 Å². The summed E-state index contributed by atoms with van der Waals surface area (Å²) in [5.41, 5.74) is 0. The number of carbonyl (C=O) groups is 2. The lowest BCUT2D eigenvalue weighted by Gasteiger charge is -2.01. The Hall–Kier alpha value is -1.12. The molecule has 0 spiro atoms. The lowest BCUT2D eigenvalue weighted by atomic mass is 10.1. The predicted octanol–water partition coefficient (Wildman–Crippen LogP) is 2.26. The Balaban J connectivity index is 3.25. The van der Waals surface area contributed by atoms with Crippen LogP contribution in [0, 0.1) is 0 Å². The van der Waals surface area contributed by atoms with Gasteiger partial charge in [0.2, 0.25) is 0 Å². The quantitative estimate of drug-likeness (QED) is 0.341. The maximum absolute atomic E-state index is 11.1. The number of unbranched alkanes of at least 4 members (excludes halogenated alkanes) is 1. The zero-order chi connectivity index (χ0) is 10.8. The first kappa shape index (κ1) is 12.9. The lowest BCUT2D eigenvalue weighted by Crippen LogP contribution is -2.03. The van der Waals surface area contributed by atoms with Crippen LogP contribution in [0.15, 0.2) is 12.7 Å². The van der Waals surface area contributed by atoms with E-state index in [1.807, 2.05) is 6.92 Å². The molecule has 0 aliphatic carbocycles. The fourth-order valence-corrected chi connectivity index (χ4v) is 1.06. The van der Waals surface area contributed by atoms with Crippen molar-refractivity contribution in [3.05, 3.63) is 12.7 Å². The number of Topliss-reactive ketones (excluding diaryl/α,β-unsaturated/α-hetero) is 1. The van der Waals surface area contributed by atoms with E-state index < -0.39 is 5.97 Å². The highest BCUT2D eigenvalue weighted by Crippen LogP contribution is 2.01. The Morgan fingerprint density at radius 3 is 2.57 bits per heavy atom. The third kappa shape index (κ3) is 7.53. The van der Waals surface area contributed by atoms with Crippen LogP contribution in [0.4, 0.5) is 0 Å². The molecule has 0 fully saturated rings. The molecule has 0 rings (SSSR count). The van der Waals surface area contributed by atoms with Gasteiger partial charge in [-0.1, -0.05) is 13.5 Å². The summed E-state index contributed by atoms with van der Waals surface area (Å²) in [7, 11) is 0. The average molecular weight is 198 g/mol. The molecule has 0 aromatic carbocycles. The molecule has 80 valence electrons. The number of ether oxygens (including phenoxy) is 1. The van der Waals surface area contributed by atoms with Crippen molar-refractivity contribution in [3.63, 3.8) is 0 Å². The fraction of sp³-hybridized carbons (Fsp3) is 0.636. The van der Waals surface area contributed by atoms with Crippen LogP contribution in [0.3, 0.4) is 0 Å². The van der Waals surface area contributed by atoms with Crippen LogP contribution < -0.4 is 0 Å². The monoisotopic (exact) mass is 198 g/mol. The molecule has 0 unspecified atom stereocenters. The number of hydrogen-bond acceptors (Lipinski definition) is 3. The molecule has 0 heterocycles. The fourth-order valence-electron chi connectivity index (χ4n) is 1.06. The molecular formula is C11H18O3. The summed E-state index contributed by atoms with van der Waals surface area (Å²) in [6.45, 7) is 5.65. The van der Waals surface area contributed by atoms with Crippen molar-refractivity contribution in [2.45, 2.75) is 39.0 Å². The van der Waals surface area contributed by atoms with Crippen LogP contribution in [0.25, 0.3) is 0 Å². The second-order valence-corrected chi connectivity index (χ2v) is 3.12. The summed E-state index contributed by atoms with van der Waals surface area (Å²) in [4.78, 5) is 21.7. The zero-order valence-electron chi connectivity index (χ0n) is 8.75. The van der Waals surface area contributed by atoms with Crippen LogP contribution in [-0.2, 0) is 14.3 Å². The highest BCUT2D eigenvalue weighted by molar-refractivity contribution is 5.81. The number of rotatable bonds is 8. The molecule has 0 saturated carbocycles. The van der Waals surface area contributed by atoms with Gasteiger partial charge < -0.3 is 4.74 Å². The van der Waals surface area contributed by atoms with Gasteiger partial charge >= 0.3 is 5.97 Å². The zero-order valence-corrected chi connectivity index (χ0v) is 8.75. The Morgan fingerprint density at radius 1 is 1.29 bits per heavy atom. The van der Waals surface area contributed by atoms with Gasteiger partial charge in [0.25, 0.3) is 0 Å². The minimum Gasteiger partial charge on any atom is -0.463 e. The van der Waals surface area contributed by atoms with Crippen molar-refractivity contribution in [3.8, 4) is 0 Å². The minimum absolute atomic E-state index is 0.294. The number of carbonyl (C=O) groups excluding carboxylic acids is 2. The first-order valence-electron chi connectivity index (χ1n) is 5.01. The molecular weight excluding hydrogens is 180 g/mol. The molecule has 0 atom stereocenters. The Morgan fingerprint density at radius 2 is 2.00 bits per heavy atom. The van der Waals surface area contributed by atoms with E-state index in [9.17, 15) is 9.59 Å². The third-order valence-electron chi connectivity index (χ3n) is 1.79. The van der Waals surface area contributed by atoms with Gasteiger partial charge in [0, 0.05) is 18.9 Å². The van der Waals surface area contributed by atoms with Gasteiger partial charge in [0.15, 0.2) is 0 Å². The summed E-state index contributed by atoms with van der Waals surface area (Å²) < 4.78 is 4.76. The number of hydrogen-bond donors (Lipinski definition) is 0. The molecule has 0 N–H and O–H groups in total. The van der Waals surface area contributed by atoms with Crippen LogP contribution in [0.5, 0.6) is 0 Å². The van der Waals surface area contributed by atoms with E-state index in [0.717, 1.165) is 25.3 Å². The average Bonchev–Trinajstić information content (AvgIpc) is 2.17. The summed E-state index contributed by atoms with van der Waals surface area (Å²) in [6.07, 6.45) is 4.84. The Kier molecular flexibility index (Phi) is 7.80. The van der Waals surface area contributed by atoms with Gasteiger partial charge in [-0.25, -0.2) is 4.79 Å². The minimum atomic E-state index is -0.398. The highest BCUT2D eigenvalue weighted by atomic mass is 16.5. The molecule has 0 aromatic heterocycles. The van der Waals surface area contributed by atoms with Gasteiger partial charge in [-0.05, 0) is 19.3 Å². The summed E-state index contributed by atoms with van der Waals surface area (Å²) in [5.74, 6) is -0.104. The molecule has 0 radical (unpaired) electrons. The van der Waals surface area contributed by atoms with Gasteiger partial charge in [-0.15, -0.1) is 0 Å². The Labute approximate surface area is 85.1 Å². The van der Waals surface area contributed by atoms with E-state index in [0.29, 0.717) is 25.2 Å². The maximum Gasteiger partial charge on any atom is 0.330 e. The van der Waals surface area contributed by atoms with Crippen molar-refractivity contribution < 1.29 is 14.3 Å². The van der Waals surface area contributed by atoms with Gasteiger partial charge in [0.1, 0.15) is 5.78 Å². The molecule has 14 heavy (non-hydrogen) atoms. The molecule has 0 bridgehead atoms. The third-order valence-corrected chi connectivity index (χ3v) is 1.79. The van der Waals surface area contributed by atoms with E-state index in [1.54, 1.807) is 0 Å². The van der Waals surface area contributed by atoms with Crippen LogP contribution in [0.1, 0.15) is 39.0 Å². The number of ketones is 1. The van der Waals surface area contributed by atoms with Gasteiger partial charge in [-0.3, -0.25) is 4.79 Å². The van der Waals surface area contributed by atoms with Crippen molar-refractivity contribution in [2.75, 3.05) is 6.61 Å². The largest absolute Gasteiger partial charge is 0.463 e. The molecule has 0 aliphatic rings. The van der Waals surface area contributed by atoms with Crippen molar-refractivity contribution in [1.82, 2.24) is 0 Å². The van der Waals surface area contributed by atoms with E-state index in [1.165, 1.54) is 0 Å². The number of esters is 1. The Bertz CT molecular complexity index is 197. The standard InChI is InChI=1S/C11H18O3/c1-3-7-10(12)8-5-6-9-14-11(13)4-2/h4H,2-3,5-9H2,1H3. The SMILES string of the molecule is C=CC(=O)OCCCCC(=O)CCC. The maximum atomic E-state index is 11.1. The van der Waals surface area contributed by atoms with Gasteiger partial charge in [0.05, 0.1) is 6.61 Å². The highest BCUT2D eigenvalue weighted by Gasteiger charge is 2.00. The molecule has 0 aliphatic heterocycles. The van der Waals surface area contributed by atoms with E-state index in [4.69, 9.17) is 4.74 Å². The first-order chi connectivity index (χ1) is 6.70. The van der Waals surface area contributed by atoms with E-state index in [2.05, 4.69) is 6.58 Å². The van der Waals surface area contributed by atoms with Crippen molar-refractivity contribution >= 4 is 11.8 Å². The second kappa shape index (κ2) is 8.48. The molecule has 0 saturated heterocycles. The van der Waals surface area contributed by atoms with Crippen molar-refractivity contribution in [1.29, 1.82) is 0 Å². The molecule has 0 amide bonds. The summed E-state index contributed by atoms with van der Waals surface area (Å²) >= 11 is 0. The normalized spacial score (nSPS) is 9.50. The molecule has 3 nitrogen and oxygen atoms in total. The smallest absolute Gasteiger partial charge is 0.330 e.